The fraction of sp³-hybridized carbons (Fsp3) is 0.438. The lowest BCUT2D eigenvalue weighted by Gasteiger charge is -2.28. The molecule has 1 aliphatic carbocycles. The summed E-state index contributed by atoms with van der Waals surface area (Å²) in [5.41, 5.74) is 4.44. The predicted octanol–water partition coefficient (Wildman–Crippen LogP) is 9.58. The first-order chi connectivity index (χ1) is 17.0. The van der Waals surface area contributed by atoms with E-state index in [9.17, 15) is 13.2 Å². The van der Waals surface area contributed by atoms with E-state index in [1.165, 1.54) is 6.42 Å². The van der Waals surface area contributed by atoms with Crippen molar-refractivity contribution in [1.29, 1.82) is 0 Å². The molecule has 0 aromatic heterocycles. The summed E-state index contributed by atoms with van der Waals surface area (Å²) < 4.78 is 44.4. The zero-order valence-corrected chi connectivity index (χ0v) is 21.1. The zero-order valence-electron chi connectivity index (χ0n) is 21.1. The van der Waals surface area contributed by atoms with Gasteiger partial charge in [0.15, 0.2) is 11.6 Å². The van der Waals surface area contributed by atoms with E-state index in [1.807, 2.05) is 36.4 Å². The van der Waals surface area contributed by atoms with Crippen molar-refractivity contribution >= 4 is 0 Å². The molecule has 0 amide bonds. The molecule has 1 fully saturated rings. The Kier molecular flexibility index (Phi) is 8.70. The van der Waals surface area contributed by atoms with Crippen LogP contribution >= 0.6 is 0 Å². The van der Waals surface area contributed by atoms with Crippen LogP contribution in [-0.4, -0.2) is 0 Å². The lowest BCUT2D eigenvalue weighted by Crippen LogP contribution is -2.14. The van der Waals surface area contributed by atoms with Gasteiger partial charge in [-0.1, -0.05) is 75.2 Å². The van der Waals surface area contributed by atoms with Gasteiger partial charge in [0, 0.05) is 5.56 Å². The Balaban J connectivity index is 1.39. The first-order valence-electron chi connectivity index (χ1n) is 13.3. The van der Waals surface area contributed by atoms with Crippen molar-refractivity contribution in [3.8, 4) is 11.1 Å². The molecule has 35 heavy (non-hydrogen) atoms. The average molecular weight is 479 g/mol. The molecule has 0 nitrogen and oxygen atoms in total. The van der Waals surface area contributed by atoms with Crippen molar-refractivity contribution in [3.05, 3.63) is 94.3 Å². The van der Waals surface area contributed by atoms with Crippen LogP contribution in [0.25, 0.3) is 11.1 Å². The molecule has 1 saturated carbocycles. The smallest absolute Gasteiger partial charge is 0.162 e. The summed E-state index contributed by atoms with van der Waals surface area (Å²) in [6.07, 6.45) is 9.35. The number of halogens is 3. The molecular weight excluding hydrogens is 441 g/mol. The van der Waals surface area contributed by atoms with E-state index in [1.54, 1.807) is 18.2 Å². The van der Waals surface area contributed by atoms with Gasteiger partial charge in [0.1, 0.15) is 5.82 Å². The third-order valence-corrected chi connectivity index (χ3v) is 7.86. The van der Waals surface area contributed by atoms with Gasteiger partial charge in [-0.3, -0.25) is 0 Å². The van der Waals surface area contributed by atoms with E-state index in [-0.39, 0.29) is 11.7 Å². The van der Waals surface area contributed by atoms with Crippen LogP contribution in [0.3, 0.4) is 0 Å². The van der Waals surface area contributed by atoms with Crippen LogP contribution in [0.1, 0.15) is 87.0 Å². The summed E-state index contributed by atoms with van der Waals surface area (Å²) in [5.74, 6) is -0.689. The highest BCUT2D eigenvalue weighted by molar-refractivity contribution is 5.64. The second-order valence-electron chi connectivity index (χ2n) is 10.2. The van der Waals surface area contributed by atoms with Crippen molar-refractivity contribution in [3.63, 3.8) is 0 Å². The van der Waals surface area contributed by atoms with Crippen LogP contribution < -0.4 is 0 Å². The minimum absolute atomic E-state index is 0.134. The van der Waals surface area contributed by atoms with Gasteiger partial charge in [0.2, 0.25) is 0 Å². The van der Waals surface area contributed by atoms with Crippen LogP contribution in [0, 0.1) is 23.4 Å². The molecule has 3 heteroatoms. The molecular formula is C32H37F3. The fourth-order valence-corrected chi connectivity index (χ4v) is 5.45. The lowest BCUT2D eigenvalue weighted by atomic mass is 9.77. The maximum Gasteiger partial charge on any atom is 0.162 e. The van der Waals surface area contributed by atoms with Gasteiger partial charge in [-0.25, -0.2) is 13.2 Å². The van der Waals surface area contributed by atoms with Gasteiger partial charge in [0.05, 0.1) is 0 Å². The molecule has 0 heterocycles. The monoisotopic (exact) mass is 478 g/mol. The lowest BCUT2D eigenvalue weighted by molar-refractivity contribution is 0.312. The Morgan fingerprint density at radius 1 is 0.714 bits per heavy atom. The minimum atomic E-state index is -0.693. The molecule has 4 rings (SSSR count). The van der Waals surface area contributed by atoms with Gasteiger partial charge < -0.3 is 0 Å². The summed E-state index contributed by atoms with van der Waals surface area (Å²) in [7, 11) is 0. The van der Waals surface area contributed by atoms with E-state index >= 15 is 0 Å². The number of hydrogen-bond donors (Lipinski definition) is 0. The maximum absolute atomic E-state index is 14.9. The molecule has 186 valence electrons. The van der Waals surface area contributed by atoms with Gasteiger partial charge >= 0.3 is 0 Å². The van der Waals surface area contributed by atoms with Crippen molar-refractivity contribution in [1.82, 2.24) is 0 Å². The molecule has 0 atom stereocenters. The quantitative estimate of drug-likeness (QED) is 0.287. The summed E-state index contributed by atoms with van der Waals surface area (Å²) in [6.45, 7) is 4.34. The van der Waals surface area contributed by atoms with Crippen molar-refractivity contribution in [2.24, 2.45) is 5.92 Å². The summed E-state index contributed by atoms with van der Waals surface area (Å²) in [6, 6.07) is 16.8. The SMILES string of the molecule is CCCCc1ccc(-c2ccc(CCc3ccc(C4CCC(CC)CC4)c(F)c3F)cc2)c(F)c1. The topological polar surface area (TPSA) is 0 Å². The number of rotatable bonds is 9. The molecule has 1 aliphatic rings. The van der Waals surface area contributed by atoms with E-state index in [4.69, 9.17) is 0 Å². The van der Waals surface area contributed by atoms with Crippen LogP contribution in [0.2, 0.25) is 0 Å². The molecule has 3 aromatic rings. The highest BCUT2D eigenvalue weighted by Gasteiger charge is 2.25. The normalized spacial score (nSPS) is 18.1. The number of benzene rings is 3. The highest BCUT2D eigenvalue weighted by atomic mass is 19.2. The summed E-state index contributed by atoms with van der Waals surface area (Å²) >= 11 is 0. The number of hydrogen-bond acceptors (Lipinski definition) is 0. The molecule has 0 N–H and O–H groups in total. The minimum Gasteiger partial charge on any atom is -0.206 e. The number of aryl methyl sites for hydroxylation is 3. The standard InChI is InChI=1S/C32H37F3/c1-3-5-6-24-12-19-28(30(33)21-24)25-15-9-23(10-16-25)11-17-27-18-20-29(32(35)31(27)34)26-13-7-22(4-2)8-14-26/h9-10,12,15-16,18-22,26H,3-8,11,13-14,17H2,1-2H3. The maximum atomic E-state index is 14.9. The van der Waals surface area contributed by atoms with E-state index in [0.29, 0.717) is 29.5 Å². The van der Waals surface area contributed by atoms with Crippen LogP contribution in [0.5, 0.6) is 0 Å². The Labute approximate surface area is 208 Å². The van der Waals surface area contributed by atoms with E-state index in [2.05, 4.69) is 13.8 Å². The van der Waals surface area contributed by atoms with Crippen molar-refractivity contribution in [2.45, 2.75) is 84.0 Å². The largest absolute Gasteiger partial charge is 0.206 e. The first kappa shape index (κ1) is 25.5. The molecule has 0 radical (unpaired) electrons. The average Bonchev–Trinajstić information content (AvgIpc) is 2.89. The van der Waals surface area contributed by atoms with Gasteiger partial charge in [0.25, 0.3) is 0 Å². The Morgan fingerprint density at radius 3 is 2.09 bits per heavy atom. The molecule has 0 saturated heterocycles. The molecule has 0 bridgehead atoms. The van der Waals surface area contributed by atoms with Gasteiger partial charge in [-0.15, -0.1) is 0 Å². The molecule has 3 aromatic carbocycles. The third-order valence-electron chi connectivity index (χ3n) is 7.86. The van der Waals surface area contributed by atoms with Crippen LogP contribution in [-0.2, 0) is 19.3 Å². The number of unbranched alkanes of at least 4 members (excludes halogenated alkanes) is 1. The summed E-state index contributed by atoms with van der Waals surface area (Å²) in [5, 5.41) is 0. The highest BCUT2D eigenvalue weighted by Crippen LogP contribution is 2.38. The second kappa shape index (κ2) is 11.9. The predicted molar refractivity (Wildman–Crippen MR) is 139 cm³/mol. The fourth-order valence-electron chi connectivity index (χ4n) is 5.45. The summed E-state index contributed by atoms with van der Waals surface area (Å²) in [4.78, 5) is 0. The van der Waals surface area contributed by atoms with Crippen LogP contribution in [0.15, 0.2) is 54.6 Å². The van der Waals surface area contributed by atoms with Crippen molar-refractivity contribution < 1.29 is 13.2 Å². The Bertz CT molecular complexity index is 1110. The van der Waals surface area contributed by atoms with E-state index < -0.39 is 11.6 Å². The first-order valence-corrected chi connectivity index (χ1v) is 13.3. The Morgan fingerprint density at radius 2 is 1.43 bits per heavy atom. The molecule has 0 unspecified atom stereocenters. The van der Waals surface area contributed by atoms with Gasteiger partial charge in [-0.05, 0) is 97.1 Å². The zero-order chi connectivity index (χ0) is 24.8. The molecule has 0 aliphatic heterocycles. The van der Waals surface area contributed by atoms with Crippen LogP contribution in [0.4, 0.5) is 13.2 Å². The second-order valence-corrected chi connectivity index (χ2v) is 10.2. The van der Waals surface area contributed by atoms with E-state index in [0.717, 1.165) is 67.6 Å². The molecule has 0 spiro atoms. The van der Waals surface area contributed by atoms with Gasteiger partial charge in [-0.2, -0.15) is 0 Å². The third kappa shape index (κ3) is 6.18. The van der Waals surface area contributed by atoms with Crippen molar-refractivity contribution in [2.75, 3.05) is 0 Å². The Hall–Kier alpha value is -2.55.